The number of pyridine rings is 1. The Morgan fingerprint density at radius 3 is 2.72 bits per heavy atom. The summed E-state index contributed by atoms with van der Waals surface area (Å²) >= 11 is 5.90. The molecule has 0 saturated heterocycles. The molecule has 0 saturated carbocycles. The SMILES string of the molecule is CC(C)C[C@H](C=O)Nc1cnc(C(N)=O)c(Nc2cncc(Cl)c2)n1. The summed E-state index contributed by atoms with van der Waals surface area (Å²) in [6, 6.07) is 1.21. The van der Waals surface area contributed by atoms with Gasteiger partial charge in [-0.15, -0.1) is 0 Å². The van der Waals surface area contributed by atoms with Crippen molar-refractivity contribution < 1.29 is 9.59 Å². The Hall–Kier alpha value is -2.74. The molecule has 2 heterocycles. The number of amides is 1. The van der Waals surface area contributed by atoms with Gasteiger partial charge in [0.25, 0.3) is 5.91 Å². The second-order valence-electron chi connectivity index (χ2n) is 5.85. The molecule has 0 aliphatic rings. The smallest absolute Gasteiger partial charge is 0.271 e. The minimum Gasteiger partial charge on any atom is -0.364 e. The van der Waals surface area contributed by atoms with E-state index in [0.29, 0.717) is 28.9 Å². The van der Waals surface area contributed by atoms with Gasteiger partial charge in [0.05, 0.1) is 29.1 Å². The fourth-order valence-corrected chi connectivity index (χ4v) is 2.36. The number of carbonyl (C=O) groups is 2. The van der Waals surface area contributed by atoms with Crippen molar-refractivity contribution in [2.24, 2.45) is 11.7 Å². The van der Waals surface area contributed by atoms with E-state index in [9.17, 15) is 9.59 Å². The van der Waals surface area contributed by atoms with Crippen LogP contribution in [0.15, 0.2) is 24.7 Å². The van der Waals surface area contributed by atoms with Gasteiger partial charge in [0.2, 0.25) is 0 Å². The quantitative estimate of drug-likeness (QED) is 0.616. The lowest BCUT2D eigenvalue weighted by molar-refractivity contribution is -0.108. The lowest BCUT2D eigenvalue weighted by Crippen LogP contribution is -2.24. The second-order valence-corrected chi connectivity index (χ2v) is 6.29. The zero-order valence-corrected chi connectivity index (χ0v) is 14.6. The Balaban J connectivity index is 2.29. The zero-order chi connectivity index (χ0) is 18.4. The molecule has 2 aromatic heterocycles. The lowest BCUT2D eigenvalue weighted by Gasteiger charge is -2.16. The average molecular weight is 363 g/mol. The van der Waals surface area contributed by atoms with Crippen molar-refractivity contribution in [3.63, 3.8) is 0 Å². The number of nitrogens with one attached hydrogen (secondary N) is 2. The van der Waals surface area contributed by atoms with Crippen LogP contribution in [0.25, 0.3) is 0 Å². The number of nitrogens with zero attached hydrogens (tertiary/aromatic N) is 3. The van der Waals surface area contributed by atoms with E-state index in [1.807, 2.05) is 13.8 Å². The number of carbonyl (C=O) groups excluding carboxylic acids is 2. The first-order valence-corrected chi connectivity index (χ1v) is 8.03. The molecule has 0 spiro atoms. The van der Waals surface area contributed by atoms with E-state index in [2.05, 4.69) is 25.6 Å². The molecule has 2 rings (SSSR count). The third kappa shape index (κ3) is 5.39. The maximum absolute atomic E-state index is 11.6. The Morgan fingerprint density at radius 2 is 2.12 bits per heavy atom. The molecule has 1 amide bonds. The van der Waals surface area contributed by atoms with Crippen LogP contribution in [0.3, 0.4) is 0 Å². The maximum atomic E-state index is 11.6. The number of rotatable bonds is 8. The van der Waals surface area contributed by atoms with Gasteiger partial charge >= 0.3 is 0 Å². The van der Waals surface area contributed by atoms with Crippen LogP contribution < -0.4 is 16.4 Å². The summed E-state index contributed by atoms with van der Waals surface area (Å²) in [6.07, 6.45) is 5.82. The summed E-state index contributed by atoms with van der Waals surface area (Å²) in [4.78, 5) is 35.1. The van der Waals surface area contributed by atoms with Crippen LogP contribution in [0, 0.1) is 5.92 Å². The number of nitrogens with two attached hydrogens (primary N) is 1. The number of aldehydes is 1. The molecular formula is C16H19ClN6O2. The summed E-state index contributed by atoms with van der Waals surface area (Å²) in [7, 11) is 0. The molecule has 0 radical (unpaired) electrons. The fraction of sp³-hybridized carbons (Fsp3) is 0.312. The van der Waals surface area contributed by atoms with Gasteiger partial charge in [0, 0.05) is 6.20 Å². The minimum absolute atomic E-state index is 0.0305. The molecule has 0 bridgehead atoms. The molecule has 0 aromatic carbocycles. The Kier molecular flexibility index (Phi) is 6.24. The first-order valence-electron chi connectivity index (χ1n) is 7.65. The predicted octanol–water partition coefficient (Wildman–Crippen LogP) is 2.39. The summed E-state index contributed by atoms with van der Waals surface area (Å²) in [6.45, 7) is 4.03. The van der Waals surface area contributed by atoms with Crippen molar-refractivity contribution in [3.05, 3.63) is 35.4 Å². The monoisotopic (exact) mass is 362 g/mol. The molecule has 0 aliphatic carbocycles. The largest absolute Gasteiger partial charge is 0.364 e. The van der Waals surface area contributed by atoms with Gasteiger partial charge in [0.15, 0.2) is 11.5 Å². The number of halogens is 1. The predicted molar refractivity (Wildman–Crippen MR) is 96.0 cm³/mol. The van der Waals surface area contributed by atoms with E-state index in [0.717, 1.165) is 6.29 Å². The first-order chi connectivity index (χ1) is 11.9. The Morgan fingerprint density at radius 1 is 1.36 bits per heavy atom. The van der Waals surface area contributed by atoms with E-state index >= 15 is 0 Å². The fourth-order valence-electron chi connectivity index (χ4n) is 2.19. The highest BCUT2D eigenvalue weighted by Crippen LogP contribution is 2.21. The average Bonchev–Trinajstić information content (AvgIpc) is 2.53. The van der Waals surface area contributed by atoms with Gasteiger partial charge in [0.1, 0.15) is 12.1 Å². The molecule has 0 fully saturated rings. The van der Waals surface area contributed by atoms with Crippen molar-refractivity contribution in [2.45, 2.75) is 26.3 Å². The summed E-state index contributed by atoms with van der Waals surface area (Å²) in [5.74, 6) is 0.0948. The Labute approximate surface area is 150 Å². The minimum atomic E-state index is -0.731. The highest BCUT2D eigenvalue weighted by molar-refractivity contribution is 6.30. The van der Waals surface area contributed by atoms with E-state index in [4.69, 9.17) is 17.3 Å². The van der Waals surface area contributed by atoms with Crippen LogP contribution in [-0.4, -0.2) is 33.2 Å². The number of anilines is 3. The van der Waals surface area contributed by atoms with Gasteiger partial charge in [-0.25, -0.2) is 9.97 Å². The van der Waals surface area contributed by atoms with Gasteiger partial charge < -0.3 is 21.2 Å². The van der Waals surface area contributed by atoms with Crippen LogP contribution >= 0.6 is 11.6 Å². The molecule has 2 aromatic rings. The summed E-state index contributed by atoms with van der Waals surface area (Å²) in [5.41, 5.74) is 5.83. The van der Waals surface area contributed by atoms with Gasteiger partial charge in [-0.05, 0) is 18.4 Å². The van der Waals surface area contributed by atoms with Crippen LogP contribution in [0.5, 0.6) is 0 Å². The molecule has 4 N–H and O–H groups in total. The highest BCUT2D eigenvalue weighted by Gasteiger charge is 2.16. The van der Waals surface area contributed by atoms with Crippen molar-refractivity contribution in [1.29, 1.82) is 0 Å². The molecule has 9 heteroatoms. The third-order valence-electron chi connectivity index (χ3n) is 3.20. The van der Waals surface area contributed by atoms with Gasteiger partial charge in [-0.2, -0.15) is 0 Å². The van der Waals surface area contributed by atoms with Crippen molar-refractivity contribution >= 4 is 41.1 Å². The molecule has 1 atom stereocenters. The highest BCUT2D eigenvalue weighted by atomic mass is 35.5. The van der Waals surface area contributed by atoms with Crippen LogP contribution in [0.1, 0.15) is 30.8 Å². The second kappa shape index (κ2) is 8.39. The maximum Gasteiger partial charge on any atom is 0.271 e. The van der Waals surface area contributed by atoms with Crippen molar-refractivity contribution in [3.8, 4) is 0 Å². The normalized spacial score (nSPS) is 11.8. The molecule has 132 valence electrons. The zero-order valence-electron chi connectivity index (χ0n) is 13.9. The summed E-state index contributed by atoms with van der Waals surface area (Å²) in [5, 5.41) is 6.33. The number of hydrogen-bond acceptors (Lipinski definition) is 7. The molecule has 25 heavy (non-hydrogen) atoms. The topological polar surface area (TPSA) is 123 Å². The van der Waals surface area contributed by atoms with E-state index in [-0.39, 0.29) is 11.5 Å². The first kappa shape index (κ1) is 18.6. The Bertz CT molecular complexity index is 768. The third-order valence-corrected chi connectivity index (χ3v) is 3.40. The van der Waals surface area contributed by atoms with E-state index in [1.165, 1.54) is 18.6 Å². The standard InChI is InChI=1S/C16H19ClN6O2/c1-9(2)3-12(8-24)21-13-7-20-14(15(18)25)16(23-13)22-11-4-10(17)5-19-6-11/h4-9,12H,3H2,1-2H3,(H2,18,25)(H2,21,22,23)/t12-/m1/s1. The van der Waals surface area contributed by atoms with E-state index in [1.54, 1.807) is 6.07 Å². The van der Waals surface area contributed by atoms with Gasteiger partial charge in [-0.1, -0.05) is 25.4 Å². The van der Waals surface area contributed by atoms with E-state index < -0.39 is 11.9 Å². The number of aromatic nitrogens is 3. The number of primary amides is 1. The van der Waals surface area contributed by atoms with Crippen LogP contribution in [-0.2, 0) is 4.79 Å². The molecule has 0 unspecified atom stereocenters. The molecule has 8 nitrogen and oxygen atoms in total. The molecular weight excluding hydrogens is 344 g/mol. The van der Waals surface area contributed by atoms with Crippen molar-refractivity contribution in [2.75, 3.05) is 10.6 Å². The molecule has 0 aliphatic heterocycles. The van der Waals surface area contributed by atoms with Gasteiger partial charge in [-0.3, -0.25) is 9.78 Å². The summed E-state index contributed by atoms with van der Waals surface area (Å²) < 4.78 is 0. The van der Waals surface area contributed by atoms with Crippen molar-refractivity contribution in [1.82, 2.24) is 15.0 Å². The number of hydrogen-bond donors (Lipinski definition) is 3. The lowest BCUT2D eigenvalue weighted by atomic mass is 10.1. The van der Waals surface area contributed by atoms with Crippen LogP contribution in [0.4, 0.5) is 17.3 Å². The van der Waals surface area contributed by atoms with Crippen LogP contribution in [0.2, 0.25) is 5.02 Å².